The van der Waals surface area contributed by atoms with Gasteiger partial charge in [-0.1, -0.05) is 13.8 Å². The van der Waals surface area contributed by atoms with Crippen molar-refractivity contribution >= 4 is 27.3 Å². The molecule has 6 heteroatoms. The van der Waals surface area contributed by atoms with Gasteiger partial charge >= 0.3 is 0 Å². The molecule has 16 heavy (non-hydrogen) atoms. The monoisotopic (exact) mass is 301 g/mol. The van der Waals surface area contributed by atoms with Gasteiger partial charge in [-0.15, -0.1) is 11.3 Å². The van der Waals surface area contributed by atoms with E-state index in [1.807, 2.05) is 5.38 Å². The lowest BCUT2D eigenvalue weighted by Crippen LogP contribution is -2.14. The normalized spacial score (nSPS) is 11.2. The molecule has 0 radical (unpaired) electrons. The van der Waals surface area contributed by atoms with Crippen LogP contribution in [-0.2, 0) is 6.42 Å². The van der Waals surface area contributed by atoms with Gasteiger partial charge in [-0.3, -0.25) is 9.89 Å². The predicted molar refractivity (Wildman–Crippen MR) is 68.3 cm³/mol. The van der Waals surface area contributed by atoms with Crippen molar-refractivity contribution in [3.63, 3.8) is 0 Å². The van der Waals surface area contributed by atoms with Gasteiger partial charge in [0.1, 0.15) is 4.47 Å². The molecular formula is C10H12BrN3OS. The van der Waals surface area contributed by atoms with Crippen molar-refractivity contribution in [3.05, 3.63) is 32.1 Å². The van der Waals surface area contributed by atoms with Crippen molar-refractivity contribution in [2.75, 3.05) is 0 Å². The van der Waals surface area contributed by atoms with Crippen molar-refractivity contribution < 1.29 is 0 Å². The second kappa shape index (κ2) is 4.55. The highest BCUT2D eigenvalue weighted by atomic mass is 79.9. The maximum atomic E-state index is 11.9. The molecule has 2 heterocycles. The average Bonchev–Trinajstić information content (AvgIpc) is 2.81. The summed E-state index contributed by atoms with van der Waals surface area (Å²) < 4.78 is 2.09. The van der Waals surface area contributed by atoms with Gasteiger partial charge in [0.25, 0.3) is 5.56 Å². The molecule has 0 saturated heterocycles. The molecule has 2 aromatic heterocycles. The average molecular weight is 302 g/mol. The van der Waals surface area contributed by atoms with Crippen LogP contribution in [0.3, 0.4) is 0 Å². The van der Waals surface area contributed by atoms with Crippen molar-refractivity contribution in [2.24, 2.45) is 5.92 Å². The molecule has 0 aliphatic rings. The van der Waals surface area contributed by atoms with Gasteiger partial charge in [-0.25, -0.2) is 4.98 Å². The van der Waals surface area contributed by atoms with Gasteiger partial charge in [0.2, 0.25) is 5.13 Å². The van der Waals surface area contributed by atoms with Gasteiger partial charge in [0.15, 0.2) is 0 Å². The summed E-state index contributed by atoms with van der Waals surface area (Å²) in [7, 11) is 0. The highest BCUT2D eigenvalue weighted by Gasteiger charge is 2.14. The number of hydrogen-bond donors (Lipinski definition) is 1. The molecule has 0 bridgehead atoms. The lowest BCUT2D eigenvalue weighted by molar-refractivity contribution is 0.626. The number of halogens is 1. The fourth-order valence-corrected chi connectivity index (χ4v) is 2.49. The van der Waals surface area contributed by atoms with E-state index in [0.29, 0.717) is 15.5 Å². The minimum Gasteiger partial charge on any atom is -0.292 e. The van der Waals surface area contributed by atoms with E-state index in [0.717, 1.165) is 12.1 Å². The van der Waals surface area contributed by atoms with Crippen molar-refractivity contribution in [1.82, 2.24) is 14.8 Å². The third kappa shape index (κ3) is 2.12. The first-order valence-electron chi connectivity index (χ1n) is 4.99. The number of nitrogens with zero attached hydrogens (tertiary/aromatic N) is 2. The molecule has 0 saturated carbocycles. The Kier molecular flexibility index (Phi) is 3.30. The number of aromatic nitrogens is 3. The minimum atomic E-state index is -0.0781. The Bertz CT molecular complexity index is 527. The second-order valence-corrected chi connectivity index (χ2v) is 5.62. The van der Waals surface area contributed by atoms with Crippen LogP contribution in [0.2, 0.25) is 0 Å². The summed E-state index contributed by atoms with van der Waals surface area (Å²) in [4.78, 5) is 16.0. The number of hydrogen-bond acceptors (Lipinski definition) is 3. The Morgan fingerprint density at radius 1 is 1.62 bits per heavy atom. The quantitative estimate of drug-likeness (QED) is 0.947. The van der Waals surface area contributed by atoms with Gasteiger partial charge in [0.05, 0.1) is 5.69 Å². The zero-order chi connectivity index (χ0) is 11.7. The fraction of sp³-hybridized carbons (Fsp3) is 0.400. The minimum absolute atomic E-state index is 0.0781. The molecular weight excluding hydrogens is 290 g/mol. The summed E-state index contributed by atoms with van der Waals surface area (Å²) in [6, 6.07) is 0. The van der Waals surface area contributed by atoms with Crippen LogP contribution in [-0.4, -0.2) is 14.8 Å². The number of thiazole rings is 1. The van der Waals surface area contributed by atoms with E-state index in [1.165, 1.54) is 16.0 Å². The van der Waals surface area contributed by atoms with Gasteiger partial charge in [-0.05, 0) is 28.3 Å². The highest BCUT2D eigenvalue weighted by molar-refractivity contribution is 9.10. The number of aromatic amines is 1. The van der Waals surface area contributed by atoms with E-state index in [1.54, 1.807) is 6.20 Å². The van der Waals surface area contributed by atoms with Crippen LogP contribution in [0.5, 0.6) is 0 Å². The van der Waals surface area contributed by atoms with Crippen LogP contribution in [0.25, 0.3) is 5.13 Å². The van der Waals surface area contributed by atoms with Crippen molar-refractivity contribution in [1.29, 1.82) is 0 Å². The van der Waals surface area contributed by atoms with Crippen LogP contribution in [0, 0.1) is 5.92 Å². The zero-order valence-electron chi connectivity index (χ0n) is 9.03. The molecule has 1 N–H and O–H groups in total. The van der Waals surface area contributed by atoms with Crippen molar-refractivity contribution in [2.45, 2.75) is 20.3 Å². The first kappa shape index (κ1) is 11.6. The maximum absolute atomic E-state index is 11.9. The highest BCUT2D eigenvalue weighted by Crippen LogP contribution is 2.17. The maximum Gasteiger partial charge on any atom is 0.287 e. The summed E-state index contributed by atoms with van der Waals surface area (Å²) in [5.74, 6) is 0.499. The first-order valence-corrected chi connectivity index (χ1v) is 6.66. The Morgan fingerprint density at radius 2 is 2.38 bits per heavy atom. The Hall–Kier alpha value is -0.880. The number of rotatable bonds is 3. The fourth-order valence-electron chi connectivity index (χ4n) is 1.47. The van der Waals surface area contributed by atoms with Gasteiger partial charge in [0, 0.05) is 11.6 Å². The van der Waals surface area contributed by atoms with E-state index in [9.17, 15) is 4.79 Å². The second-order valence-electron chi connectivity index (χ2n) is 3.96. The van der Waals surface area contributed by atoms with E-state index >= 15 is 0 Å². The zero-order valence-corrected chi connectivity index (χ0v) is 11.4. The lowest BCUT2D eigenvalue weighted by Gasteiger charge is -2.01. The summed E-state index contributed by atoms with van der Waals surface area (Å²) in [5.41, 5.74) is 0.848. The molecule has 2 rings (SSSR count). The number of H-pyrrole nitrogens is 1. The van der Waals surface area contributed by atoms with Crippen LogP contribution in [0.1, 0.15) is 19.5 Å². The molecule has 0 aliphatic heterocycles. The standard InChI is InChI=1S/C10H12BrN3OS/c1-6(2)5-7-8(11)9(15)14(13-7)10-12-3-4-16-10/h3-4,6,13H,5H2,1-2H3. The molecule has 0 aromatic carbocycles. The molecule has 0 amide bonds. The third-order valence-electron chi connectivity index (χ3n) is 2.13. The smallest absolute Gasteiger partial charge is 0.287 e. The molecule has 2 aromatic rings. The largest absolute Gasteiger partial charge is 0.292 e. The third-order valence-corrected chi connectivity index (χ3v) is 3.70. The van der Waals surface area contributed by atoms with E-state index in [4.69, 9.17) is 0 Å². The summed E-state index contributed by atoms with van der Waals surface area (Å²) >= 11 is 4.76. The topological polar surface area (TPSA) is 50.7 Å². The predicted octanol–water partition coefficient (Wildman–Crippen LogP) is 2.58. The van der Waals surface area contributed by atoms with Crippen LogP contribution in [0.15, 0.2) is 20.8 Å². The Labute approximate surface area is 105 Å². The molecule has 86 valence electrons. The van der Waals surface area contributed by atoms with Crippen LogP contribution in [0.4, 0.5) is 0 Å². The molecule has 0 atom stereocenters. The van der Waals surface area contributed by atoms with Gasteiger partial charge in [-0.2, -0.15) is 4.68 Å². The van der Waals surface area contributed by atoms with Crippen LogP contribution < -0.4 is 5.56 Å². The van der Waals surface area contributed by atoms with Crippen LogP contribution >= 0.6 is 27.3 Å². The van der Waals surface area contributed by atoms with Gasteiger partial charge < -0.3 is 0 Å². The summed E-state index contributed by atoms with van der Waals surface area (Å²) in [5, 5.41) is 5.60. The summed E-state index contributed by atoms with van der Waals surface area (Å²) in [6.07, 6.45) is 2.53. The Balaban J connectivity index is 2.46. The Morgan fingerprint density at radius 3 is 2.94 bits per heavy atom. The number of nitrogens with one attached hydrogen (secondary N) is 1. The van der Waals surface area contributed by atoms with E-state index in [-0.39, 0.29) is 5.56 Å². The molecule has 0 spiro atoms. The van der Waals surface area contributed by atoms with E-state index < -0.39 is 0 Å². The molecule has 4 nitrogen and oxygen atoms in total. The first-order chi connectivity index (χ1) is 7.59. The SMILES string of the molecule is CC(C)Cc1[nH]n(-c2nccs2)c(=O)c1Br. The van der Waals surface area contributed by atoms with Crippen molar-refractivity contribution in [3.8, 4) is 5.13 Å². The molecule has 0 aliphatic carbocycles. The summed E-state index contributed by atoms with van der Waals surface area (Å²) in [6.45, 7) is 4.23. The lowest BCUT2D eigenvalue weighted by atomic mass is 10.1. The van der Waals surface area contributed by atoms with E-state index in [2.05, 4.69) is 39.9 Å². The molecule has 0 fully saturated rings. The molecule has 0 unspecified atom stereocenters.